The second kappa shape index (κ2) is 12.1. The highest BCUT2D eigenvalue weighted by Gasteiger charge is 2.35. The van der Waals surface area contributed by atoms with Gasteiger partial charge in [-0.2, -0.15) is 0 Å². The van der Waals surface area contributed by atoms with Crippen LogP contribution < -0.4 is 4.74 Å². The first-order chi connectivity index (χ1) is 18.5. The van der Waals surface area contributed by atoms with Crippen molar-refractivity contribution in [2.24, 2.45) is 0 Å². The van der Waals surface area contributed by atoms with Crippen molar-refractivity contribution in [2.45, 2.75) is 25.8 Å². The average molecular weight is 535 g/mol. The minimum Gasteiger partial charge on any atom is -0.494 e. The summed E-state index contributed by atoms with van der Waals surface area (Å²) in [6.45, 7) is 8.59. The maximum Gasteiger partial charge on any atom is 0.411 e. The summed E-state index contributed by atoms with van der Waals surface area (Å²) < 4.78 is 11.5. The number of hydrogen-bond acceptors (Lipinski definition) is 5. The van der Waals surface area contributed by atoms with Crippen LogP contribution in [0.1, 0.15) is 36.2 Å². The summed E-state index contributed by atoms with van der Waals surface area (Å²) in [5.74, 6) is 6.41. The maximum absolute atomic E-state index is 13.1. The van der Waals surface area contributed by atoms with Gasteiger partial charge in [0.25, 0.3) is 0 Å². The highest BCUT2D eigenvalue weighted by Crippen LogP contribution is 2.39. The van der Waals surface area contributed by atoms with Gasteiger partial charge in [-0.1, -0.05) is 29.7 Å². The Balaban J connectivity index is 1.31. The van der Waals surface area contributed by atoms with E-state index in [1.54, 1.807) is 11.8 Å². The zero-order valence-corrected chi connectivity index (χ0v) is 22.9. The molecule has 3 heterocycles. The second-order valence-electron chi connectivity index (χ2n) is 9.95. The molecular formula is C30H35ClN4O3. The number of halogens is 1. The number of likely N-dealkylation sites (N-methyl/N-ethyl adjacent to an activating group) is 1. The van der Waals surface area contributed by atoms with Crippen molar-refractivity contribution in [1.82, 2.24) is 19.7 Å². The number of aromatic nitrogens is 1. The van der Waals surface area contributed by atoms with Crippen LogP contribution >= 0.6 is 11.6 Å². The normalized spacial score (nSPS) is 18.1. The van der Waals surface area contributed by atoms with Gasteiger partial charge in [0.05, 0.1) is 6.61 Å². The van der Waals surface area contributed by atoms with Crippen molar-refractivity contribution >= 4 is 28.6 Å². The summed E-state index contributed by atoms with van der Waals surface area (Å²) >= 11 is 6.31. The molecule has 3 aromatic rings. The number of nitrogens with one attached hydrogen (secondary N) is 1. The van der Waals surface area contributed by atoms with E-state index in [2.05, 4.69) is 33.7 Å². The number of aromatic amines is 1. The molecule has 200 valence electrons. The number of benzene rings is 2. The van der Waals surface area contributed by atoms with E-state index in [4.69, 9.17) is 21.1 Å². The fourth-order valence-electron chi connectivity index (χ4n) is 5.35. The fraction of sp³-hybridized carbons (Fsp3) is 0.433. The van der Waals surface area contributed by atoms with Crippen LogP contribution in [0.2, 0.25) is 5.02 Å². The Morgan fingerprint density at radius 3 is 2.66 bits per heavy atom. The topological polar surface area (TPSA) is 61.0 Å². The van der Waals surface area contributed by atoms with Crippen molar-refractivity contribution in [3.05, 3.63) is 64.3 Å². The lowest BCUT2D eigenvalue weighted by molar-refractivity contribution is 0.0993. The molecule has 7 nitrogen and oxygen atoms in total. The van der Waals surface area contributed by atoms with Crippen LogP contribution in [-0.4, -0.2) is 85.3 Å². The number of rotatable bonds is 7. The number of carbonyl (C=O) groups is 1. The van der Waals surface area contributed by atoms with Crippen molar-refractivity contribution in [3.63, 3.8) is 0 Å². The lowest BCUT2D eigenvalue weighted by Crippen LogP contribution is -2.44. The first-order valence-electron chi connectivity index (χ1n) is 13.3. The van der Waals surface area contributed by atoms with Crippen LogP contribution in [0.25, 0.3) is 10.9 Å². The summed E-state index contributed by atoms with van der Waals surface area (Å²) in [5.41, 5.74) is 4.19. The van der Waals surface area contributed by atoms with Crippen LogP contribution in [0.4, 0.5) is 4.79 Å². The highest BCUT2D eigenvalue weighted by molar-refractivity contribution is 6.31. The quantitative estimate of drug-likeness (QED) is 0.343. The molecule has 1 unspecified atom stereocenters. The lowest BCUT2D eigenvalue weighted by Gasteiger charge is -2.35. The molecule has 2 aliphatic heterocycles. The molecular weight excluding hydrogens is 500 g/mol. The molecule has 2 aromatic carbocycles. The van der Waals surface area contributed by atoms with Crippen LogP contribution in [-0.2, 0) is 11.2 Å². The van der Waals surface area contributed by atoms with Gasteiger partial charge in [-0.15, -0.1) is 5.92 Å². The minimum absolute atomic E-state index is 0.0780. The minimum atomic E-state index is -0.371. The fourth-order valence-corrected chi connectivity index (χ4v) is 5.52. The zero-order valence-electron chi connectivity index (χ0n) is 22.1. The zero-order chi connectivity index (χ0) is 26.5. The van der Waals surface area contributed by atoms with E-state index in [0.29, 0.717) is 18.2 Å². The van der Waals surface area contributed by atoms with Gasteiger partial charge in [0, 0.05) is 60.9 Å². The van der Waals surface area contributed by atoms with Crippen LogP contribution in [0.15, 0.2) is 42.5 Å². The van der Waals surface area contributed by atoms with Gasteiger partial charge in [0.2, 0.25) is 0 Å². The second-order valence-corrected chi connectivity index (χ2v) is 10.4. The molecule has 5 rings (SSSR count). The lowest BCUT2D eigenvalue weighted by atomic mass is 9.92. The van der Waals surface area contributed by atoms with Crippen molar-refractivity contribution < 1.29 is 14.3 Å². The third-order valence-corrected chi connectivity index (χ3v) is 7.68. The van der Waals surface area contributed by atoms with E-state index < -0.39 is 0 Å². The Morgan fingerprint density at radius 2 is 1.89 bits per heavy atom. The van der Waals surface area contributed by atoms with Gasteiger partial charge >= 0.3 is 6.09 Å². The van der Waals surface area contributed by atoms with Crippen molar-refractivity contribution in [2.75, 3.05) is 59.5 Å². The third-order valence-electron chi connectivity index (χ3n) is 7.45. The summed E-state index contributed by atoms with van der Waals surface area (Å²) in [6, 6.07) is 13.6. The molecule has 0 bridgehead atoms. The molecule has 1 aromatic heterocycles. The molecule has 0 radical (unpaired) electrons. The van der Waals surface area contributed by atoms with Gasteiger partial charge in [0.15, 0.2) is 6.61 Å². The molecule has 1 fully saturated rings. The van der Waals surface area contributed by atoms with Crippen molar-refractivity contribution in [3.8, 4) is 17.6 Å². The molecule has 1 atom stereocenters. The Labute approximate surface area is 229 Å². The average Bonchev–Trinajstić information content (AvgIpc) is 3.30. The van der Waals surface area contributed by atoms with E-state index in [1.165, 1.54) is 5.56 Å². The number of hydrogen-bond donors (Lipinski definition) is 1. The molecule has 8 heteroatoms. The van der Waals surface area contributed by atoms with Gasteiger partial charge in [-0.05, 0) is 68.3 Å². The SMILES string of the molecule is CC#CCOC(=O)N1CCc2c([nH]c3ccc(Cl)cc23)C1c1ccc(OCCCN2CCN(C)CC2)cc1. The number of fused-ring (bicyclic) bond motifs is 3. The monoisotopic (exact) mass is 534 g/mol. The van der Waals surface area contributed by atoms with Crippen molar-refractivity contribution in [1.29, 1.82) is 0 Å². The maximum atomic E-state index is 13.1. The van der Waals surface area contributed by atoms with E-state index in [1.807, 2.05) is 42.5 Å². The highest BCUT2D eigenvalue weighted by atomic mass is 35.5. The first-order valence-corrected chi connectivity index (χ1v) is 13.7. The number of ether oxygens (including phenoxy) is 2. The summed E-state index contributed by atoms with van der Waals surface area (Å²) in [7, 11) is 2.18. The number of H-pyrrole nitrogens is 1. The van der Waals surface area contributed by atoms with E-state index in [0.717, 1.165) is 73.5 Å². The van der Waals surface area contributed by atoms with E-state index in [-0.39, 0.29) is 18.7 Å². The number of amides is 1. The molecule has 0 aliphatic carbocycles. The predicted molar refractivity (Wildman–Crippen MR) is 151 cm³/mol. The summed E-state index contributed by atoms with van der Waals surface area (Å²) in [5, 5.41) is 1.80. The molecule has 0 spiro atoms. The number of nitrogens with zero attached hydrogens (tertiary/aromatic N) is 3. The Hall–Kier alpha value is -3.18. The van der Waals surface area contributed by atoms with E-state index >= 15 is 0 Å². The molecule has 1 saturated heterocycles. The smallest absolute Gasteiger partial charge is 0.411 e. The Bertz CT molecular complexity index is 1320. The number of carbonyl (C=O) groups excluding carboxylic acids is 1. The number of piperazine rings is 1. The standard InChI is InChI=1S/C30H35ClN4O3/c1-3-4-19-38-30(36)35-14-12-25-26-21-23(31)8-11-27(26)32-28(25)29(35)22-6-9-24(10-7-22)37-20-5-13-34-17-15-33(2)16-18-34/h6-11,21,29,32H,5,12-20H2,1-2H3. The molecule has 38 heavy (non-hydrogen) atoms. The van der Waals surface area contributed by atoms with Gasteiger partial charge in [-0.25, -0.2) is 4.79 Å². The van der Waals surface area contributed by atoms with Crippen LogP contribution in [0.5, 0.6) is 5.75 Å². The Morgan fingerprint density at radius 1 is 1.11 bits per heavy atom. The van der Waals surface area contributed by atoms with E-state index in [9.17, 15) is 4.79 Å². The summed E-state index contributed by atoms with van der Waals surface area (Å²) in [6.07, 6.45) is 1.34. The molecule has 1 amide bonds. The molecule has 0 saturated carbocycles. The van der Waals surface area contributed by atoms with Crippen LogP contribution in [0, 0.1) is 11.8 Å². The molecule has 2 aliphatic rings. The summed E-state index contributed by atoms with van der Waals surface area (Å²) in [4.78, 5) is 23.3. The largest absolute Gasteiger partial charge is 0.494 e. The Kier molecular flexibility index (Phi) is 8.43. The van der Waals surface area contributed by atoms with Crippen LogP contribution in [0.3, 0.4) is 0 Å². The first kappa shape index (κ1) is 26.4. The third kappa shape index (κ3) is 5.94. The van der Waals surface area contributed by atoms with Gasteiger partial charge in [0.1, 0.15) is 11.8 Å². The van der Waals surface area contributed by atoms with Gasteiger partial charge in [-0.3, -0.25) is 4.90 Å². The molecule has 1 N–H and O–H groups in total. The van der Waals surface area contributed by atoms with Gasteiger partial charge < -0.3 is 24.3 Å². The predicted octanol–water partition coefficient (Wildman–Crippen LogP) is 4.95.